The van der Waals surface area contributed by atoms with Gasteiger partial charge in [0.1, 0.15) is 5.60 Å². The molecule has 0 saturated carbocycles. The lowest BCUT2D eigenvalue weighted by Gasteiger charge is -2.22. The van der Waals surface area contributed by atoms with Crippen LogP contribution in [-0.4, -0.2) is 17.6 Å². The number of thiophene rings is 2. The number of aliphatic hydroxyl groups is 1. The molecule has 0 saturated heterocycles. The minimum atomic E-state index is -1.06. The van der Waals surface area contributed by atoms with E-state index >= 15 is 0 Å². The number of fused-ring (bicyclic) bond motifs is 1. The average Bonchev–Trinajstić information content (AvgIpc) is 3.14. The van der Waals surface area contributed by atoms with E-state index in [2.05, 4.69) is 5.32 Å². The maximum atomic E-state index is 11.9. The van der Waals surface area contributed by atoms with Gasteiger partial charge in [0.25, 0.3) is 0 Å². The van der Waals surface area contributed by atoms with Gasteiger partial charge in [0, 0.05) is 9.58 Å². The first-order valence-corrected chi connectivity index (χ1v) is 8.80. The van der Waals surface area contributed by atoms with Crippen molar-refractivity contribution in [1.29, 1.82) is 0 Å². The van der Waals surface area contributed by atoms with E-state index in [-0.39, 0.29) is 12.5 Å². The summed E-state index contributed by atoms with van der Waals surface area (Å²) in [5.41, 5.74) is -0.0578. The SMILES string of the molecule is CC(O)(CNC(=O)Cc1ccsc1)c1cc2ccccc2s1. The smallest absolute Gasteiger partial charge is 0.224 e. The third kappa shape index (κ3) is 3.38. The molecule has 2 aromatic heterocycles. The second-order valence-electron chi connectivity index (χ2n) is 5.51. The molecule has 1 atom stereocenters. The molecular weight excluding hydrogens is 314 g/mol. The maximum Gasteiger partial charge on any atom is 0.224 e. The summed E-state index contributed by atoms with van der Waals surface area (Å²) in [5.74, 6) is -0.0696. The number of benzene rings is 1. The molecule has 1 amide bonds. The van der Waals surface area contributed by atoms with E-state index in [1.807, 2.05) is 47.2 Å². The third-order valence-corrected chi connectivity index (χ3v) is 5.63. The van der Waals surface area contributed by atoms with Crippen LogP contribution in [0.15, 0.2) is 47.2 Å². The number of hydrogen-bond acceptors (Lipinski definition) is 4. The van der Waals surface area contributed by atoms with Crippen molar-refractivity contribution in [2.45, 2.75) is 18.9 Å². The average molecular weight is 331 g/mol. The van der Waals surface area contributed by atoms with Crippen LogP contribution >= 0.6 is 22.7 Å². The monoisotopic (exact) mass is 331 g/mol. The van der Waals surface area contributed by atoms with Gasteiger partial charge in [0.05, 0.1) is 13.0 Å². The summed E-state index contributed by atoms with van der Waals surface area (Å²) < 4.78 is 1.14. The number of carbonyl (C=O) groups excluding carboxylic acids is 1. The third-order valence-electron chi connectivity index (χ3n) is 3.53. The van der Waals surface area contributed by atoms with Gasteiger partial charge in [0.2, 0.25) is 5.91 Å². The lowest BCUT2D eigenvalue weighted by atomic mass is 10.0. The molecule has 0 bridgehead atoms. The van der Waals surface area contributed by atoms with Crippen LogP contribution in [0.25, 0.3) is 10.1 Å². The highest BCUT2D eigenvalue weighted by molar-refractivity contribution is 7.19. The van der Waals surface area contributed by atoms with Crippen molar-refractivity contribution in [3.8, 4) is 0 Å². The molecule has 0 fully saturated rings. The molecule has 3 aromatic rings. The predicted molar refractivity (Wildman–Crippen MR) is 92.4 cm³/mol. The molecule has 2 heterocycles. The Hall–Kier alpha value is -1.69. The first-order valence-electron chi connectivity index (χ1n) is 7.04. The van der Waals surface area contributed by atoms with Crippen molar-refractivity contribution in [2.75, 3.05) is 6.54 Å². The summed E-state index contributed by atoms with van der Waals surface area (Å²) in [6, 6.07) is 12.0. The molecule has 22 heavy (non-hydrogen) atoms. The molecule has 2 N–H and O–H groups in total. The largest absolute Gasteiger partial charge is 0.383 e. The quantitative estimate of drug-likeness (QED) is 0.751. The Labute approximate surface area is 137 Å². The number of carbonyl (C=O) groups is 1. The van der Waals surface area contributed by atoms with Gasteiger partial charge >= 0.3 is 0 Å². The standard InChI is InChI=1S/C17H17NO2S2/c1-17(20,11-18-16(19)8-12-6-7-21-10-12)15-9-13-4-2-3-5-14(13)22-15/h2-7,9-10,20H,8,11H2,1H3,(H,18,19). The highest BCUT2D eigenvalue weighted by atomic mass is 32.1. The zero-order valence-corrected chi connectivity index (χ0v) is 13.8. The second-order valence-corrected chi connectivity index (χ2v) is 7.37. The van der Waals surface area contributed by atoms with Crippen LogP contribution in [0.3, 0.4) is 0 Å². The summed E-state index contributed by atoms with van der Waals surface area (Å²) in [6.45, 7) is 1.95. The summed E-state index contributed by atoms with van der Waals surface area (Å²) in [5, 5.41) is 18.5. The lowest BCUT2D eigenvalue weighted by molar-refractivity contribution is -0.121. The highest BCUT2D eigenvalue weighted by Gasteiger charge is 2.26. The van der Waals surface area contributed by atoms with Gasteiger partial charge in [0.15, 0.2) is 0 Å². The molecule has 114 valence electrons. The molecule has 0 aliphatic heterocycles. The minimum absolute atomic E-state index is 0.0696. The normalized spacial score (nSPS) is 13.9. The Morgan fingerprint density at radius 3 is 2.86 bits per heavy atom. The Balaban J connectivity index is 1.66. The minimum Gasteiger partial charge on any atom is -0.383 e. The fourth-order valence-corrected chi connectivity index (χ4v) is 4.02. The van der Waals surface area contributed by atoms with Crippen LogP contribution in [-0.2, 0) is 16.8 Å². The van der Waals surface area contributed by atoms with Crippen molar-refractivity contribution in [2.24, 2.45) is 0 Å². The summed E-state index contributed by atoms with van der Waals surface area (Å²) >= 11 is 3.14. The van der Waals surface area contributed by atoms with E-state index in [9.17, 15) is 9.90 Å². The zero-order chi connectivity index (χ0) is 15.6. The summed E-state index contributed by atoms with van der Waals surface area (Å²) in [6.07, 6.45) is 0.353. The molecular formula is C17H17NO2S2. The molecule has 1 aromatic carbocycles. The lowest BCUT2D eigenvalue weighted by Crippen LogP contribution is -2.38. The predicted octanol–water partition coefficient (Wildman–Crippen LogP) is 3.53. The fourth-order valence-electron chi connectivity index (χ4n) is 2.25. The number of hydrogen-bond donors (Lipinski definition) is 2. The van der Waals surface area contributed by atoms with E-state index in [1.165, 1.54) is 0 Å². The van der Waals surface area contributed by atoms with E-state index in [0.717, 1.165) is 20.5 Å². The summed E-state index contributed by atoms with van der Waals surface area (Å²) in [7, 11) is 0. The van der Waals surface area contributed by atoms with Gasteiger partial charge in [-0.3, -0.25) is 4.79 Å². The van der Waals surface area contributed by atoms with Gasteiger partial charge in [-0.05, 0) is 46.8 Å². The van der Waals surface area contributed by atoms with Crippen molar-refractivity contribution in [1.82, 2.24) is 5.32 Å². The number of amides is 1. The fraction of sp³-hybridized carbons (Fsp3) is 0.235. The van der Waals surface area contributed by atoms with Gasteiger partial charge in [-0.15, -0.1) is 11.3 Å². The molecule has 1 unspecified atom stereocenters. The van der Waals surface area contributed by atoms with E-state index in [4.69, 9.17) is 0 Å². The zero-order valence-electron chi connectivity index (χ0n) is 12.2. The molecule has 5 heteroatoms. The van der Waals surface area contributed by atoms with Gasteiger partial charge < -0.3 is 10.4 Å². The second kappa shape index (κ2) is 6.20. The van der Waals surface area contributed by atoms with Gasteiger partial charge in [-0.2, -0.15) is 11.3 Å². The van der Waals surface area contributed by atoms with Crippen molar-refractivity contribution < 1.29 is 9.90 Å². The van der Waals surface area contributed by atoms with Gasteiger partial charge in [-0.1, -0.05) is 18.2 Å². The number of nitrogens with one attached hydrogen (secondary N) is 1. The summed E-state index contributed by atoms with van der Waals surface area (Å²) in [4.78, 5) is 12.8. The number of rotatable bonds is 5. The molecule has 0 aliphatic rings. The van der Waals surface area contributed by atoms with Crippen LogP contribution in [0.2, 0.25) is 0 Å². The molecule has 0 radical (unpaired) electrons. The molecule has 0 aliphatic carbocycles. The van der Waals surface area contributed by atoms with Crippen LogP contribution in [0.1, 0.15) is 17.4 Å². The van der Waals surface area contributed by atoms with Crippen molar-refractivity contribution >= 4 is 38.7 Å². The Kier molecular flexibility index (Phi) is 4.29. The van der Waals surface area contributed by atoms with Crippen molar-refractivity contribution in [3.63, 3.8) is 0 Å². The molecule has 0 spiro atoms. The first kappa shape index (κ1) is 15.2. The van der Waals surface area contributed by atoms with Crippen LogP contribution in [0.4, 0.5) is 0 Å². The van der Waals surface area contributed by atoms with Crippen LogP contribution in [0, 0.1) is 0 Å². The maximum absolute atomic E-state index is 11.9. The van der Waals surface area contributed by atoms with E-state index in [1.54, 1.807) is 29.6 Å². The van der Waals surface area contributed by atoms with Crippen molar-refractivity contribution in [3.05, 3.63) is 57.6 Å². The molecule has 3 rings (SSSR count). The Morgan fingerprint density at radius 1 is 1.32 bits per heavy atom. The van der Waals surface area contributed by atoms with E-state index < -0.39 is 5.60 Å². The molecule has 3 nitrogen and oxygen atoms in total. The highest BCUT2D eigenvalue weighted by Crippen LogP contribution is 2.32. The van der Waals surface area contributed by atoms with Crippen LogP contribution in [0.5, 0.6) is 0 Å². The Morgan fingerprint density at radius 2 is 2.14 bits per heavy atom. The van der Waals surface area contributed by atoms with Gasteiger partial charge in [-0.25, -0.2) is 0 Å². The first-order chi connectivity index (χ1) is 10.5. The van der Waals surface area contributed by atoms with Crippen LogP contribution < -0.4 is 5.32 Å². The topological polar surface area (TPSA) is 49.3 Å². The Bertz CT molecular complexity index is 742. The van der Waals surface area contributed by atoms with E-state index in [0.29, 0.717) is 6.42 Å².